The molecule has 0 atom stereocenters. The summed E-state index contributed by atoms with van der Waals surface area (Å²) >= 11 is 1.17. The van der Waals surface area contributed by atoms with Crippen LogP contribution in [0.3, 0.4) is 0 Å². The zero-order chi connectivity index (χ0) is 16.4. The van der Waals surface area contributed by atoms with Gasteiger partial charge >= 0.3 is 0 Å². The van der Waals surface area contributed by atoms with Gasteiger partial charge in [-0.3, -0.25) is 4.79 Å². The molecule has 8 heteroatoms. The van der Waals surface area contributed by atoms with Crippen LogP contribution in [-0.2, 0) is 0 Å². The van der Waals surface area contributed by atoms with Gasteiger partial charge in [0, 0.05) is 30.9 Å². The average Bonchev–Trinajstić information content (AvgIpc) is 3.10. The van der Waals surface area contributed by atoms with Crippen molar-refractivity contribution in [3.63, 3.8) is 0 Å². The van der Waals surface area contributed by atoms with E-state index in [1.807, 2.05) is 29.2 Å². The minimum absolute atomic E-state index is 0.0605. The molecule has 1 N–H and O–H groups in total. The second kappa shape index (κ2) is 6.48. The van der Waals surface area contributed by atoms with Gasteiger partial charge in [0.25, 0.3) is 5.91 Å². The fourth-order valence-corrected chi connectivity index (χ4v) is 3.43. The van der Waals surface area contributed by atoms with E-state index in [0.29, 0.717) is 11.6 Å². The zero-order valence-corrected chi connectivity index (χ0v) is 13.7. The summed E-state index contributed by atoms with van der Waals surface area (Å²) < 4.78 is 8.37. The monoisotopic (exact) mass is 340 g/mol. The Morgan fingerprint density at radius 1 is 1.17 bits per heavy atom. The molecule has 0 spiro atoms. The van der Waals surface area contributed by atoms with E-state index < -0.39 is 0 Å². The molecule has 0 saturated carbocycles. The normalized spacial score (nSPS) is 15.6. The minimum atomic E-state index is 0.0605. The summed E-state index contributed by atoms with van der Waals surface area (Å²) in [6.45, 7) is 1.46. The Morgan fingerprint density at radius 2 is 2.00 bits per heavy atom. The van der Waals surface area contributed by atoms with Crippen molar-refractivity contribution >= 4 is 34.5 Å². The smallest absolute Gasteiger partial charge is 0.253 e. The molecule has 2 aromatic heterocycles. The quantitative estimate of drug-likeness (QED) is 0.787. The summed E-state index contributed by atoms with van der Waals surface area (Å²) in [5, 5.41) is 3.39. The summed E-state index contributed by atoms with van der Waals surface area (Å²) in [5.74, 6) is 0.890. The topological polar surface area (TPSA) is 83.9 Å². The van der Waals surface area contributed by atoms with Crippen LogP contribution in [0.5, 0.6) is 0 Å². The number of likely N-dealkylation sites (tertiary alicyclic amines) is 1. The molecule has 0 bridgehead atoms. The number of carbonyl (C=O) groups is 1. The third kappa shape index (κ3) is 3.05. The van der Waals surface area contributed by atoms with Crippen molar-refractivity contribution in [3.8, 4) is 0 Å². The summed E-state index contributed by atoms with van der Waals surface area (Å²) in [6, 6.07) is 7.70. The molecule has 1 aliphatic heterocycles. The molecule has 7 nitrogen and oxygen atoms in total. The average molecular weight is 340 g/mol. The molecule has 1 saturated heterocycles. The van der Waals surface area contributed by atoms with Gasteiger partial charge in [-0.15, -0.1) is 0 Å². The second-order valence-corrected chi connectivity index (χ2v) is 6.30. The molecule has 3 heterocycles. The van der Waals surface area contributed by atoms with Crippen LogP contribution in [0.25, 0.3) is 11.0 Å². The standard InChI is InChI=1S/C16H16N6OS/c23-16(11-1-2-13-14(9-11)21-24-20-13)22-7-4-12(5-8-22)19-15-3-6-17-10-18-15/h1-3,6,9-10,12H,4-5,7-8H2,(H,17,18,19). The van der Waals surface area contributed by atoms with E-state index in [9.17, 15) is 4.79 Å². The minimum Gasteiger partial charge on any atom is -0.367 e. The van der Waals surface area contributed by atoms with E-state index in [1.165, 1.54) is 18.1 Å². The number of rotatable bonds is 3. The summed E-state index contributed by atoms with van der Waals surface area (Å²) in [6.07, 6.45) is 5.05. The van der Waals surface area contributed by atoms with Crippen molar-refractivity contribution in [2.45, 2.75) is 18.9 Å². The number of hydrogen-bond acceptors (Lipinski definition) is 7. The Morgan fingerprint density at radius 3 is 2.79 bits per heavy atom. The van der Waals surface area contributed by atoms with Crippen molar-refractivity contribution in [2.75, 3.05) is 18.4 Å². The van der Waals surface area contributed by atoms with Gasteiger partial charge in [-0.05, 0) is 37.1 Å². The summed E-state index contributed by atoms with van der Waals surface area (Å²) in [7, 11) is 0. The van der Waals surface area contributed by atoms with E-state index in [-0.39, 0.29) is 5.91 Å². The van der Waals surface area contributed by atoms with Crippen molar-refractivity contribution in [1.29, 1.82) is 0 Å². The number of fused-ring (bicyclic) bond motifs is 1. The van der Waals surface area contributed by atoms with Gasteiger partial charge in [-0.25, -0.2) is 9.97 Å². The highest BCUT2D eigenvalue weighted by Gasteiger charge is 2.24. The van der Waals surface area contributed by atoms with Crippen molar-refractivity contribution in [1.82, 2.24) is 23.6 Å². The number of carbonyl (C=O) groups excluding carboxylic acids is 1. The van der Waals surface area contributed by atoms with Crippen LogP contribution in [0.2, 0.25) is 0 Å². The lowest BCUT2D eigenvalue weighted by Crippen LogP contribution is -2.42. The molecule has 122 valence electrons. The Balaban J connectivity index is 1.39. The van der Waals surface area contributed by atoms with E-state index >= 15 is 0 Å². The number of aromatic nitrogens is 4. The highest BCUT2D eigenvalue weighted by atomic mass is 32.1. The van der Waals surface area contributed by atoms with Crippen LogP contribution in [-0.4, -0.2) is 48.7 Å². The lowest BCUT2D eigenvalue weighted by molar-refractivity contribution is 0.0718. The van der Waals surface area contributed by atoms with Crippen LogP contribution in [0.4, 0.5) is 5.82 Å². The molecular weight excluding hydrogens is 324 g/mol. The van der Waals surface area contributed by atoms with Gasteiger partial charge in [0.05, 0.1) is 11.7 Å². The molecule has 1 aliphatic rings. The Bertz CT molecular complexity index is 844. The fraction of sp³-hybridized carbons (Fsp3) is 0.312. The highest BCUT2D eigenvalue weighted by Crippen LogP contribution is 2.19. The Kier molecular flexibility index (Phi) is 4.04. The predicted molar refractivity (Wildman–Crippen MR) is 92.0 cm³/mol. The van der Waals surface area contributed by atoms with Crippen LogP contribution in [0.1, 0.15) is 23.2 Å². The Labute approximate surface area is 143 Å². The SMILES string of the molecule is O=C(c1ccc2nsnc2c1)N1CCC(Nc2ccncn2)CC1. The van der Waals surface area contributed by atoms with Gasteiger partial charge < -0.3 is 10.2 Å². The molecule has 1 fully saturated rings. The van der Waals surface area contributed by atoms with Crippen LogP contribution in [0, 0.1) is 0 Å². The van der Waals surface area contributed by atoms with Gasteiger partial charge in [-0.2, -0.15) is 8.75 Å². The molecule has 4 rings (SSSR count). The van der Waals surface area contributed by atoms with Crippen LogP contribution in [0.15, 0.2) is 36.8 Å². The van der Waals surface area contributed by atoms with Gasteiger partial charge in [0.15, 0.2) is 0 Å². The number of anilines is 1. The van der Waals surface area contributed by atoms with Crippen molar-refractivity contribution in [2.24, 2.45) is 0 Å². The number of nitrogens with one attached hydrogen (secondary N) is 1. The second-order valence-electron chi connectivity index (χ2n) is 5.77. The van der Waals surface area contributed by atoms with Crippen LogP contribution < -0.4 is 5.32 Å². The third-order valence-corrected chi connectivity index (χ3v) is 4.77. The summed E-state index contributed by atoms with van der Waals surface area (Å²) in [5.41, 5.74) is 2.30. The molecule has 24 heavy (non-hydrogen) atoms. The van der Waals surface area contributed by atoms with E-state index in [1.54, 1.807) is 6.20 Å². The number of benzene rings is 1. The molecule has 0 unspecified atom stereocenters. The number of piperidine rings is 1. The molecule has 1 aromatic carbocycles. The van der Waals surface area contributed by atoms with Gasteiger partial charge in [0.1, 0.15) is 23.2 Å². The van der Waals surface area contributed by atoms with E-state index in [4.69, 9.17) is 0 Å². The maximum Gasteiger partial charge on any atom is 0.253 e. The number of hydrogen-bond donors (Lipinski definition) is 1. The lowest BCUT2D eigenvalue weighted by atomic mass is 10.0. The fourth-order valence-electron chi connectivity index (χ4n) is 2.91. The van der Waals surface area contributed by atoms with Crippen LogP contribution >= 0.6 is 11.7 Å². The first-order chi connectivity index (χ1) is 11.8. The maximum absolute atomic E-state index is 12.7. The molecule has 0 aliphatic carbocycles. The van der Waals surface area contributed by atoms with Crippen molar-refractivity contribution in [3.05, 3.63) is 42.4 Å². The van der Waals surface area contributed by atoms with Gasteiger partial charge in [0.2, 0.25) is 0 Å². The Hall–Kier alpha value is -2.61. The zero-order valence-electron chi connectivity index (χ0n) is 12.9. The first-order valence-corrected chi connectivity index (χ1v) is 8.57. The molecule has 0 radical (unpaired) electrons. The third-order valence-electron chi connectivity index (χ3n) is 4.22. The van der Waals surface area contributed by atoms with E-state index in [0.717, 1.165) is 42.8 Å². The van der Waals surface area contributed by atoms with Gasteiger partial charge in [-0.1, -0.05) is 0 Å². The number of nitrogens with zero attached hydrogens (tertiary/aromatic N) is 5. The largest absolute Gasteiger partial charge is 0.367 e. The predicted octanol–water partition coefficient (Wildman–Crippen LogP) is 2.20. The first kappa shape index (κ1) is 14.9. The highest BCUT2D eigenvalue weighted by molar-refractivity contribution is 7.00. The first-order valence-electron chi connectivity index (χ1n) is 7.84. The maximum atomic E-state index is 12.7. The summed E-state index contributed by atoms with van der Waals surface area (Å²) in [4.78, 5) is 22.7. The van der Waals surface area contributed by atoms with Crippen molar-refractivity contribution < 1.29 is 4.79 Å². The molecule has 3 aromatic rings. The van der Waals surface area contributed by atoms with E-state index in [2.05, 4.69) is 24.0 Å². The number of amides is 1. The molecule has 1 amide bonds. The molecular formula is C16H16N6OS. The lowest BCUT2D eigenvalue weighted by Gasteiger charge is -2.32.